The first-order chi connectivity index (χ1) is 13.9. The normalized spacial score (nSPS) is 11.4. The molecule has 3 aromatic carbocycles. The fourth-order valence-corrected chi connectivity index (χ4v) is 5.01. The summed E-state index contributed by atoms with van der Waals surface area (Å²) in [6.45, 7) is 0. The molecule has 0 aliphatic heterocycles. The Bertz CT molecular complexity index is 1270. The third kappa shape index (κ3) is 4.13. The van der Waals surface area contributed by atoms with Crippen molar-refractivity contribution in [2.24, 2.45) is 0 Å². The van der Waals surface area contributed by atoms with Crippen LogP contribution in [0.3, 0.4) is 0 Å². The standard InChI is InChI=1S/C21H16N2O4S2/c24-18-12-14(22-20(25)13-29(26,27)15-6-2-1-3-7-15)10-11-16(18)21-23-17-8-4-5-9-19(17)28-21/h1-12,24H,13H2,(H,22,25). The van der Waals surface area contributed by atoms with Gasteiger partial charge in [0.05, 0.1) is 20.7 Å². The van der Waals surface area contributed by atoms with Gasteiger partial charge in [-0.15, -0.1) is 11.3 Å². The number of thiazole rings is 1. The van der Waals surface area contributed by atoms with E-state index in [4.69, 9.17) is 0 Å². The van der Waals surface area contributed by atoms with E-state index >= 15 is 0 Å². The van der Waals surface area contributed by atoms with E-state index in [-0.39, 0.29) is 10.6 Å². The molecule has 4 aromatic rings. The molecule has 2 N–H and O–H groups in total. The van der Waals surface area contributed by atoms with Crippen molar-refractivity contribution in [2.75, 3.05) is 11.1 Å². The predicted molar refractivity (Wildman–Crippen MR) is 114 cm³/mol. The first kappa shape index (κ1) is 19.1. The molecule has 0 aliphatic rings. The zero-order chi connectivity index (χ0) is 20.4. The SMILES string of the molecule is O=C(CS(=O)(=O)c1ccccc1)Nc1ccc(-c2nc3ccccc3s2)c(O)c1. The molecule has 0 aliphatic carbocycles. The number of sulfone groups is 1. The van der Waals surface area contributed by atoms with Crippen molar-refractivity contribution >= 4 is 43.0 Å². The van der Waals surface area contributed by atoms with Gasteiger partial charge in [0.1, 0.15) is 16.5 Å². The van der Waals surface area contributed by atoms with Gasteiger partial charge in [0.15, 0.2) is 9.84 Å². The molecule has 4 rings (SSSR count). The number of hydrogen-bond acceptors (Lipinski definition) is 6. The molecule has 0 unspecified atom stereocenters. The lowest BCUT2D eigenvalue weighted by Crippen LogP contribution is -2.22. The second-order valence-corrected chi connectivity index (χ2v) is 9.36. The first-order valence-electron chi connectivity index (χ1n) is 8.69. The van der Waals surface area contributed by atoms with Gasteiger partial charge < -0.3 is 10.4 Å². The number of carbonyl (C=O) groups excluding carboxylic acids is 1. The number of benzene rings is 3. The lowest BCUT2D eigenvalue weighted by molar-refractivity contribution is -0.113. The van der Waals surface area contributed by atoms with Crippen molar-refractivity contribution in [3.05, 3.63) is 72.8 Å². The van der Waals surface area contributed by atoms with Gasteiger partial charge in [-0.05, 0) is 36.4 Å². The molecule has 6 nitrogen and oxygen atoms in total. The van der Waals surface area contributed by atoms with Gasteiger partial charge in [0, 0.05) is 11.8 Å². The van der Waals surface area contributed by atoms with Gasteiger partial charge >= 0.3 is 0 Å². The molecule has 8 heteroatoms. The Balaban J connectivity index is 1.51. The van der Waals surface area contributed by atoms with Crippen LogP contribution in [0, 0.1) is 0 Å². The molecule has 1 heterocycles. The van der Waals surface area contributed by atoms with Gasteiger partial charge in [-0.25, -0.2) is 13.4 Å². The van der Waals surface area contributed by atoms with Crippen molar-refractivity contribution in [1.29, 1.82) is 0 Å². The topological polar surface area (TPSA) is 96.4 Å². The van der Waals surface area contributed by atoms with E-state index < -0.39 is 21.5 Å². The van der Waals surface area contributed by atoms with Crippen LogP contribution in [-0.4, -0.2) is 30.2 Å². The van der Waals surface area contributed by atoms with Crippen LogP contribution in [0.1, 0.15) is 0 Å². The Hall–Kier alpha value is -3.23. The number of aromatic hydroxyl groups is 1. The molecule has 0 saturated heterocycles. The second kappa shape index (κ2) is 7.65. The zero-order valence-corrected chi connectivity index (χ0v) is 16.7. The number of nitrogens with one attached hydrogen (secondary N) is 1. The van der Waals surface area contributed by atoms with E-state index in [1.807, 2.05) is 24.3 Å². The molecular formula is C21H16N2O4S2. The molecule has 0 saturated carbocycles. The largest absolute Gasteiger partial charge is 0.507 e. The summed E-state index contributed by atoms with van der Waals surface area (Å²) in [6.07, 6.45) is 0. The molecule has 0 fully saturated rings. The molecular weight excluding hydrogens is 408 g/mol. The summed E-state index contributed by atoms with van der Waals surface area (Å²) in [5.41, 5.74) is 1.69. The average Bonchev–Trinajstić information content (AvgIpc) is 3.12. The molecule has 1 aromatic heterocycles. The number of nitrogens with zero attached hydrogens (tertiary/aromatic N) is 1. The fourth-order valence-electron chi connectivity index (χ4n) is 2.86. The number of anilines is 1. The minimum atomic E-state index is -3.74. The van der Waals surface area contributed by atoms with Gasteiger partial charge in [-0.1, -0.05) is 30.3 Å². The minimum absolute atomic E-state index is 0.0484. The highest BCUT2D eigenvalue weighted by molar-refractivity contribution is 7.92. The van der Waals surface area contributed by atoms with Crippen LogP contribution in [0.4, 0.5) is 5.69 Å². The van der Waals surface area contributed by atoms with Crippen molar-refractivity contribution in [1.82, 2.24) is 4.98 Å². The van der Waals surface area contributed by atoms with Crippen LogP contribution in [0.25, 0.3) is 20.8 Å². The highest BCUT2D eigenvalue weighted by Gasteiger charge is 2.19. The zero-order valence-electron chi connectivity index (χ0n) is 15.1. The third-order valence-corrected chi connectivity index (χ3v) is 6.93. The highest BCUT2D eigenvalue weighted by Crippen LogP contribution is 2.36. The minimum Gasteiger partial charge on any atom is -0.507 e. The molecule has 0 spiro atoms. The summed E-state index contributed by atoms with van der Waals surface area (Å²) in [5, 5.41) is 13.6. The molecule has 0 bridgehead atoms. The van der Waals surface area contributed by atoms with Crippen LogP contribution >= 0.6 is 11.3 Å². The van der Waals surface area contributed by atoms with E-state index in [1.165, 1.54) is 29.5 Å². The summed E-state index contributed by atoms with van der Waals surface area (Å²) in [6, 6.07) is 20.1. The van der Waals surface area contributed by atoms with Gasteiger partial charge in [0.2, 0.25) is 5.91 Å². The van der Waals surface area contributed by atoms with E-state index in [9.17, 15) is 18.3 Å². The monoisotopic (exact) mass is 424 g/mol. The van der Waals surface area contributed by atoms with Crippen LogP contribution < -0.4 is 5.32 Å². The number of aromatic nitrogens is 1. The Labute approximate surface area is 171 Å². The van der Waals surface area contributed by atoms with E-state index in [2.05, 4.69) is 10.3 Å². The number of hydrogen-bond donors (Lipinski definition) is 2. The van der Waals surface area contributed by atoms with Crippen LogP contribution in [0.5, 0.6) is 5.75 Å². The lowest BCUT2D eigenvalue weighted by atomic mass is 10.2. The Morgan fingerprint density at radius 1 is 1.00 bits per heavy atom. The van der Waals surface area contributed by atoms with E-state index in [0.29, 0.717) is 16.3 Å². The highest BCUT2D eigenvalue weighted by atomic mass is 32.2. The number of rotatable bonds is 5. The lowest BCUT2D eigenvalue weighted by Gasteiger charge is -2.08. The van der Waals surface area contributed by atoms with E-state index in [1.54, 1.807) is 30.3 Å². The first-order valence-corrected chi connectivity index (χ1v) is 11.2. The van der Waals surface area contributed by atoms with Crippen LogP contribution in [0.15, 0.2) is 77.7 Å². The molecule has 146 valence electrons. The van der Waals surface area contributed by atoms with Crippen LogP contribution in [0.2, 0.25) is 0 Å². The summed E-state index contributed by atoms with van der Waals surface area (Å²) < 4.78 is 25.6. The maximum atomic E-state index is 12.3. The van der Waals surface area contributed by atoms with Crippen LogP contribution in [-0.2, 0) is 14.6 Å². The third-order valence-electron chi connectivity index (χ3n) is 4.23. The molecule has 0 radical (unpaired) electrons. The number of amides is 1. The Morgan fingerprint density at radius 2 is 1.72 bits per heavy atom. The number of phenolic OH excluding ortho intramolecular Hbond substituents is 1. The van der Waals surface area contributed by atoms with Crippen molar-refractivity contribution < 1.29 is 18.3 Å². The summed E-state index contributed by atoms with van der Waals surface area (Å²) in [7, 11) is -3.74. The van der Waals surface area contributed by atoms with Crippen molar-refractivity contribution in [3.8, 4) is 16.3 Å². The Kier molecular flexibility index (Phi) is 5.04. The van der Waals surface area contributed by atoms with Gasteiger partial charge in [-0.2, -0.15) is 0 Å². The van der Waals surface area contributed by atoms with Crippen molar-refractivity contribution in [2.45, 2.75) is 4.90 Å². The maximum Gasteiger partial charge on any atom is 0.239 e. The number of phenols is 1. The average molecular weight is 425 g/mol. The second-order valence-electron chi connectivity index (χ2n) is 6.34. The summed E-state index contributed by atoms with van der Waals surface area (Å²) in [4.78, 5) is 16.8. The fraction of sp³-hybridized carbons (Fsp3) is 0.0476. The van der Waals surface area contributed by atoms with Gasteiger partial charge in [0.25, 0.3) is 0 Å². The number of carbonyl (C=O) groups is 1. The maximum absolute atomic E-state index is 12.3. The molecule has 0 atom stereocenters. The summed E-state index contributed by atoms with van der Waals surface area (Å²) >= 11 is 1.45. The van der Waals surface area contributed by atoms with E-state index in [0.717, 1.165) is 10.2 Å². The van der Waals surface area contributed by atoms with Gasteiger partial charge in [-0.3, -0.25) is 4.79 Å². The number of para-hydroxylation sites is 1. The molecule has 29 heavy (non-hydrogen) atoms. The quantitative estimate of drug-likeness (QED) is 0.503. The predicted octanol–water partition coefficient (Wildman–Crippen LogP) is 4.08. The summed E-state index contributed by atoms with van der Waals surface area (Å²) in [5.74, 6) is -1.41. The molecule has 1 amide bonds. The Morgan fingerprint density at radius 3 is 2.45 bits per heavy atom. The smallest absolute Gasteiger partial charge is 0.239 e. The van der Waals surface area contributed by atoms with Crippen molar-refractivity contribution in [3.63, 3.8) is 0 Å². The number of fused-ring (bicyclic) bond motifs is 1.